The summed E-state index contributed by atoms with van der Waals surface area (Å²) in [6, 6.07) is 17.8. The highest BCUT2D eigenvalue weighted by Crippen LogP contribution is 2.52. The van der Waals surface area contributed by atoms with Gasteiger partial charge in [-0.3, -0.25) is 4.31 Å². The quantitative estimate of drug-likeness (QED) is 0.710. The van der Waals surface area contributed by atoms with Gasteiger partial charge in [-0.15, -0.1) is 0 Å². The molecule has 0 saturated heterocycles. The molecule has 1 saturated carbocycles. The van der Waals surface area contributed by atoms with E-state index in [1.807, 2.05) is 49.4 Å². The molecule has 1 aliphatic rings. The normalized spacial score (nSPS) is 16.7. The molecule has 0 heterocycles. The van der Waals surface area contributed by atoms with Crippen LogP contribution in [0.5, 0.6) is 0 Å². The highest BCUT2D eigenvalue weighted by atomic mass is 32.2. The molecule has 0 radical (unpaired) electrons. The lowest BCUT2D eigenvalue weighted by Gasteiger charge is -2.25. The second-order valence-corrected chi connectivity index (χ2v) is 9.46. The number of aliphatic hydroxyl groups is 1. The molecule has 1 unspecified atom stereocenters. The Bertz CT molecular complexity index is 843. The van der Waals surface area contributed by atoms with Crippen LogP contribution in [-0.2, 0) is 21.9 Å². The lowest BCUT2D eigenvalue weighted by Crippen LogP contribution is -2.31. The maximum atomic E-state index is 12.3. The third kappa shape index (κ3) is 4.53. The Morgan fingerprint density at radius 2 is 1.70 bits per heavy atom. The van der Waals surface area contributed by atoms with E-state index in [2.05, 4.69) is 12.1 Å². The van der Waals surface area contributed by atoms with Gasteiger partial charge in [-0.2, -0.15) is 0 Å². The van der Waals surface area contributed by atoms with Crippen molar-refractivity contribution in [2.45, 2.75) is 50.5 Å². The van der Waals surface area contributed by atoms with E-state index in [-0.39, 0.29) is 11.5 Å². The lowest BCUT2D eigenvalue weighted by molar-refractivity contribution is 0.127. The van der Waals surface area contributed by atoms with Crippen molar-refractivity contribution < 1.29 is 13.5 Å². The van der Waals surface area contributed by atoms with Crippen molar-refractivity contribution in [2.75, 3.05) is 17.1 Å². The minimum atomic E-state index is -3.34. The van der Waals surface area contributed by atoms with Crippen molar-refractivity contribution in [1.29, 1.82) is 0 Å². The highest BCUT2D eigenvalue weighted by molar-refractivity contribution is 7.92. The Kier molecular flexibility index (Phi) is 5.92. The third-order valence-electron chi connectivity index (χ3n) is 5.61. The van der Waals surface area contributed by atoms with Gasteiger partial charge < -0.3 is 5.11 Å². The molecule has 0 aromatic heterocycles. The van der Waals surface area contributed by atoms with Crippen molar-refractivity contribution in [3.8, 4) is 0 Å². The minimum Gasteiger partial charge on any atom is -0.392 e. The summed E-state index contributed by atoms with van der Waals surface area (Å²) in [6.45, 7) is 2.45. The molecule has 1 N–H and O–H groups in total. The van der Waals surface area contributed by atoms with E-state index >= 15 is 0 Å². The molecule has 3 rings (SSSR count). The van der Waals surface area contributed by atoms with Crippen LogP contribution in [0.1, 0.15) is 43.7 Å². The molecule has 0 aliphatic heterocycles. The average Bonchev–Trinajstić information content (AvgIpc) is 3.47. The van der Waals surface area contributed by atoms with Crippen LogP contribution in [0.2, 0.25) is 0 Å². The first-order chi connectivity index (χ1) is 12.9. The Balaban J connectivity index is 1.72. The second-order valence-electron chi connectivity index (χ2n) is 7.55. The van der Waals surface area contributed by atoms with Gasteiger partial charge in [-0.05, 0) is 55.4 Å². The number of aliphatic hydroxyl groups excluding tert-OH is 1. The van der Waals surface area contributed by atoms with E-state index in [9.17, 15) is 13.5 Å². The number of aryl methyl sites for hydroxylation is 1. The van der Waals surface area contributed by atoms with Crippen LogP contribution in [0.15, 0.2) is 54.6 Å². The summed E-state index contributed by atoms with van der Waals surface area (Å²) in [5, 5.41) is 10.3. The summed E-state index contributed by atoms with van der Waals surface area (Å²) >= 11 is 0. The fourth-order valence-electron chi connectivity index (χ4n) is 3.86. The molecule has 5 heteroatoms. The summed E-state index contributed by atoms with van der Waals surface area (Å²) in [5.41, 5.74) is 2.89. The summed E-state index contributed by atoms with van der Waals surface area (Å²) < 4.78 is 26.1. The third-order valence-corrected chi connectivity index (χ3v) is 6.81. The first-order valence-corrected chi connectivity index (χ1v) is 11.5. The molecule has 27 heavy (non-hydrogen) atoms. The second kappa shape index (κ2) is 8.03. The van der Waals surface area contributed by atoms with Crippen molar-refractivity contribution in [3.05, 3.63) is 65.7 Å². The van der Waals surface area contributed by atoms with Crippen LogP contribution >= 0.6 is 0 Å². The molecule has 1 aliphatic carbocycles. The first kappa shape index (κ1) is 19.9. The fraction of sp³-hybridized carbons (Fsp3) is 0.455. The SMILES string of the molecule is CCC(O)C1(c2ccc(N(CCCc3ccccc3)S(C)(=O)=O)cc2)CC1. The van der Waals surface area contributed by atoms with Gasteiger partial charge in [0.05, 0.1) is 18.0 Å². The van der Waals surface area contributed by atoms with Gasteiger partial charge in [-0.25, -0.2) is 8.42 Å². The van der Waals surface area contributed by atoms with Crippen LogP contribution in [0.25, 0.3) is 0 Å². The topological polar surface area (TPSA) is 57.6 Å². The fourth-order valence-corrected chi connectivity index (χ4v) is 4.82. The molecule has 0 spiro atoms. The Morgan fingerprint density at radius 3 is 2.22 bits per heavy atom. The molecular weight excluding hydrogens is 358 g/mol. The zero-order valence-electron chi connectivity index (χ0n) is 16.1. The zero-order valence-corrected chi connectivity index (χ0v) is 17.0. The Labute approximate surface area is 162 Å². The standard InChI is InChI=1S/C22H29NO3S/c1-3-21(24)22(15-16-22)19-11-13-20(14-12-19)23(27(2,25)26)17-7-10-18-8-5-4-6-9-18/h4-6,8-9,11-14,21,24H,3,7,10,15-17H2,1-2H3. The van der Waals surface area contributed by atoms with Crippen LogP contribution in [0, 0.1) is 0 Å². The number of hydrogen-bond acceptors (Lipinski definition) is 3. The van der Waals surface area contributed by atoms with E-state index in [1.165, 1.54) is 16.1 Å². The number of hydrogen-bond donors (Lipinski definition) is 1. The van der Waals surface area contributed by atoms with E-state index < -0.39 is 10.0 Å². The molecule has 146 valence electrons. The van der Waals surface area contributed by atoms with Gasteiger partial charge in [0, 0.05) is 12.0 Å². The number of rotatable bonds is 9. The average molecular weight is 388 g/mol. The molecule has 1 fully saturated rings. The van der Waals surface area contributed by atoms with Crippen molar-refractivity contribution in [1.82, 2.24) is 0 Å². The minimum absolute atomic E-state index is 0.128. The predicted octanol–water partition coefficient (Wildman–Crippen LogP) is 3.89. The number of sulfonamides is 1. The summed E-state index contributed by atoms with van der Waals surface area (Å²) in [5.74, 6) is 0. The summed E-state index contributed by atoms with van der Waals surface area (Å²) in [4.78, 5) is 0. The van der Waals surface area contributed by atoms with Gasteiger partial charge in [0.1, 0.15) is 0 Å². The molecule has 1 atom stereocenters. The van der Waals surface area contributed by atoms with E-state index in [1.54, 1.807) is 0 Å². The van der Waals surface area contributed by atoms with Gasteiger partial charge in [0.2, 0.25) is 10.0 Å². The number of anilines is 1. The monoisotopic (exact) mass is 387 g/mol. The van der Waals surface area contributed by atoms with Gasteiger partial charge in [-0.1, -0.05) is 49.4 Å². The molecule has 2 aromatic rings. The molecule has 4 nitrogen and oxygen atoms in total. The van der Waals surface area contributed by atoms with Gasteiger partial charge >= 0.3 is 0 Å². The largest absolute Gasteiger partial charge is 0.392 e. The van der Waals surface area contributed by atoms with Crippen LogP contribution in [-0.4, -0.2) is 32.4 Å². The van der Waals surface area contributed by atoms with Crippen molar-refractivity contribution in [2.24, 2.45) is 0 Å². The Morgan fingerprint density at radius 1 is 1.07 bits per heavy atom. The van der Waals surface area contributed by atoms with Crippen molar-refractivity contribution >= 4 is 15.7 Å². The smallest absolute Gasteiger partial charge is 0.232 e. The summed E-state index contributed by atoms with van der Waals surface area (Å²) in [7, 11) is -3.34. The van der Waals surface area contributed by atoms with E-state index in [0.29, 0.717) is 12.2 Å². The van der Waals surface area contributed by atoms with Crippen LogP contribution < -0.4 is 4.31 Å². The molecular formula is C22H29NO3S. The Hall–Kier alpha value is -1.85. The zero-order chi connectivity index (χ0) is 19.5. The molecule has 2 aromatic carbocycles. The molecule has 0 amide bonds. The predicted molar refractivity (Wildman–Crippen MR) is 111 cm³/mol. The first-order valence-electron chi connectivity index (χ1n) is 9.67. The van der Waals surface area contributed by atoms with Gasteiger partial charge in [0.15, 0.2) is 0 Å². The number of nitrogens with zero attached hydrogens (tertiary/aromatic N) is 1. The maximum absolute atomic E-state index is 12.3. The summed E-state index contributed by atoms with van der Waals surface area (Å²) in [6.07, 6.45) is 5.25. The maximum Gasteiger partial charge on any atom is 0.232 e. The van der Waals surface area contributed by atoms with Crippen LogP contribution in [0.4, 0.5) is 5.69 Å². The van der Waals surface area contributed by atoms with E-state index in [4.69, 9.17) is 0 Å². The highest BCUT2D eigenvalue weighted by Gasteiger charge is 2.49. The lowest BCUT2D eigenvalue weighted by atomic mass is 9.88. The number of benzene rings is 2. The van der Waals surface area contributed by atoms with Crippen LogP contribution in [0.3, 0.4) is 0 Å². The molecule has 0 bridgehead atoms. The van der Waals surface area contributed by atoms with Gasteiger partial charge in [0.25, 0.3) is 0 Å². The van der Waals surface area contributed by atoms with Crippen molar-refractivity contribution in [3.63, 3.8) is 0 Å². The van der Waals surface area contributed by atoms with E-state index in [0.717, 1.165) is 37.7 Å².